The van der Waals surface area contributed by atoms with Crippen molar-refractivity contribution in [2.45, 2.75) is 0 Å². The lowest BCUT2D eigenvalue weighted by Gasteiger charge is -2.06. The standard InChI is InChI=1S/C21H16N2O2/c1-24-19-14-8-7-13-18(19)21-23-22-20(25-21)17-12-6-5-11-16(17)15-9-3-2-4-10-15/h2-14H,1H3. The largest absolute Gasteiger partial charge is 0.496 e. The molecule has 1 heterocycles. The van der Waals surface area contributed by atoms with Gasteiger partial charge >= 0.3 is 0 Å². The van der Waals surface area contributed by atoms with Crippen molar-refractivity contribution < 1.29 is 9.15 Å². The van der Waals surface area contributed by atoms with Crippen LogP contribution in [-0.2, 0) is 0 Å². The summed E-state index contributed by atoms with van der Waals surface area (Å²) in [7, 11) is 1.63. The van der Waals surface area contributed by atoms with Crippen LogP contribution < -0.4 is 4.74 Å². The van der Waals surface area contributed by atoms with Gasteiger partial charge in [-0.15, -0.1) is 10.2 Å². The number of hydrogen-bond donors (Lipinski definition) is 0. The van der Waals surface area contributed by atoms with Crippen LogP contribution in [0.3, 0.4) is 0 Å². The third-order valence-corrected chi connectivity index (χ3v) is 4.00. The van der Waals surface area contributed by atoms with E-state index >= 15 is 0 Å². The van der Waals surface area contributed by atoms with E-state index in [1.165, 1.54) is 0 Å². The molecule has 0 aliphatic heterocycles. The minimum absolute atomic E-state index is 0.440. The van der Waals surface area contributed by atoms with Crippen LogP contribution in [0.15, 0.2) is 83.3 Å². The highest BCUT2D eigenvalue weighted by Gasteiger charge is 2.16. The van der Waals surface area contributed by atoms with Gasteiger partial charge in [-0.2, -0.15) is 0 Å². The third kappa shape index (κ3) is 2.90. The van der Waals surface area contributed by atoms with E-state index in [2.05, 4.69) is 28.4 Å². The molecule has 0 radical (unpaired) electrons. The molecule has 4 aromatic rings. The topological polar surface area (TPSA) is 48.2 Å². The molecule has 0 N–H and O–H groups in total. The Kier molecular flexibility index (Phi) is 4.01. The SMILES string of the molecule is COc1ccccc1-c1nnc(-c2ccccc2-c2ccccc2)o1. The molecule has 25 heavy (non-hydrogen) atoms. The van der Waals surface area contributed by atoms with Crippen molar-refractivity contribution >= 4 is 0 Å². The molecule has 0 unspecified atom stereocenters. The molecule has 0 spiro atoms. The van der Waals surface area contributed by atoms with E-state index in [9.17, 15) is 0 Å². The minimum Gasteiger partial charge on any atom is -0.496 e. The summed E-state index contributed by atoms with van der Waals surface area (Å²) < 4.78 is 11.3. The fraction of sp³-hybridized carbons (Fsp3) is 0.0476. The van der Waals surface area contributed by atoms with E-state index in [1.807, 2.05) is 60.7 Å². The molecule has 0 amide bonds. The van der Waals surface area contributed by atoms with Crippen molar-refractivity contribution in [3.05, 3.63) is 78.9 Å². The summed E-state index contributed by atoms with van der Waals surface area (Å²) in [5, 5.41) is 8.46. The lowest BCUT2D eigenvalue weighted by atomic mass is 10.00. The van der Waals surface area contributed by atoms with E-state index < -0.39 is 0 Å². The van der Waals surface area contributed by atoms with Gasteiger partial charge in [0.15, 0.2) is 0 Å². The van der Waals surface area contributed by atoms with Crippen LogP contribution in [0.5, 0.6) is 5.75 Å². The van der Waals surface area contributed by atoms with Crippen molar-refractivity contribution in [2.75, 3.05) is 7.11 Å². The van der Waals surface area contributed by atoms with Gasteiger partial charge in [-0.3, -0.25) is 0 Å². The molecule has 4 heteroatoms. The van der Waals surface area contributed by atoms with Crippen LogP contribution in [0.1, 0.15) is 0 Å². The Labute approximate surface area is 145 Å². The van der Waals surface area contributed by atoms with Gasteiger partial charge in [0, 0.05) is 5.56 Å². The summed E-state index contributed by atoms with van der Waals surface area (Å²) in [4.78, 5) is 0. The molecular weight excluding hydrogens is 312 g/mol. The van der Waals surface area contributed by atoms with Crippen LogP contribution in [0.2, 0.25) is 0 Å². The zero-order valence-corrected chi connectivity index (χ0v) is 13.7. The van der Waals surface area contributed by atoms with Gasteiger partial charge in [-0.05, 0) is 29.3 Å². The Morgan fingerprint density at radius 1 is 0.640 bits per heavy atom. The van der Waals surface area contributed by atoms with Crippen molar-refractivity contribution in [2.24, 2.45) is 0 Å². The van der Waals surface area contributed by atoms with Gasteiger partial charge in [0.05, 0.1) is 12.7 Å². The Balaban J connectivity index is 1.79. The van der Waals surface area contributed by atoms with Gasteiger partial charge in [-0.1, -0.05) is 60.7 Å². The highest BCUT2D eigenvalue weighted by molar-refractivity contribution is 5.80. The first-order chi connectivity index (χ1) is 12.4. The molecule has 0 saturated heterocycles. The molecular formula is C21H16N2O2. The highest BCUT2D eigenvalue weighted by Crippen LogP contribution is 2.34. The zero-order valence-electron chi connectivity index (χ0n) is 13.7. The molecule has 0 fully saturated rings. The van der Waals surface area contributed by atoms with Gasteiger partial charge in [-0.25, -0.2) is 0 Å². The number of benzene rings is 3. The molecule has 4 nitrogen and oxygen atoms in total. The van der Waals surface area contributed by atoms with Crippen LogP contribution in [0.25, 0.3) is 34.0 Å². The van der Waals surface area contributed by atoms with Gasteiger partial charge in [0.25, 0.3) is 5.89 Å². The summed E-state index contributed by atoms with van der Waals surface area (Å²) in [6, 6.07) is 25.8. The fourth-order valence-corrected chi connectivity index (χ4v) is 2.80. The number of hydrogen-bond acceptors (Lipinski definition) is 4. The van der Waals surface area contributed by atoms with Crippen LogP contribution in [0.4, 0.5) is 0 Å². The third-order valence-electron chi connectivity index (χ3n) is 4.00. The predicted octanol–water partition coefficient (Wildman–Crippen LogP) is 5.08. The van der Waals surface area contributed by atoms with E-state index in [0.717, 1.165) is 22.3 Å². The Bertz CT molecular complexity index is 993. The summed E-state index contributed by atoms with van der Waals surface area (Å²) in [6.07, 6.45) is 0. The normalized spacial score (nSPS) is 10.6. The lowest BCUT2D eigenvalue weighted by Crippen LogP contribution is -1.87. The Hall–Kier alpha value is -3.40. The van der Waals surface area contributed by atoms with E-state index in [0.29, 0.717) is 17.5 Å². The Morgan fingerprint density at radius 2 is 1.20 bits per heavy atom. The summed E-state index contributed by atoms with van der Waals surface area (Å²) >= 11 is 0. The van der Waals surface area contributed by atoms with Crippen LogP contribution in [0, 0.1) is 0 Å². The fourth-order valence-electron chi connectivity index (χ4n) is 2.80. The van der Waals surface area contributed by atoms with E-state index in [1.54, 1.807) is 7.11 Å². The lowest BCUT2D eigenvalue weighted by molar-refractivity contribution is 0.414. The average Bonchev–Trinajstić information content (AvgIpc) is 3.18. The number of methoxy groups -OCH3 is 1. The van der Waals surface area contributed by atoms with Crippen molar-refractivity contribution in [3.8, 4) is 39.8 Å². The van der Waals surface area contributed by atoms with E-state index in [-0.39, 0.29) is 0 Å². The van der Waals surface area contributed by atoms with Crippen LogP contribution >= 0.6 is 0 Å². The number of para-hydroxylation sites is 1. The molecule has 0 atom stereocenters. The summed E-state index contributed by atoms with van der Waals surface area (Å²) in [5.41, 5.74) is 3.84. The second-order valence-electron chi connectivity index (χ2n) is 5.52. The monoisotopic (exact) mass is 328 g/mol. The first-order valence-electron chi connectivity index (χ1n) is 7.98. The quantitative estimate of drug-likeness (QED) is 0.524. The number of rotatable bonds is 4. The average molecular weight is 328 g/mol. The van der Waals surface area contributed by atoms with Gasteiger partial charge < -0.3 is 9.15 Å². The molecule has 3 aromatic carbocycles. The maximum absolute atomic E-state index is 5.96. The van der Waals surface area contributed by atoms with Crippen LogP contribution in [-0.4, -0.2) is 17.3 Å². The van der Waals surface area contributed by atoms with Crippen molar-refractivity contribution in [3.63, 3.8) is 0 Å². The Morgan fingerprint density at radius 3 is 1.92 bits per heavy atom. The maximum atomic E-state index is 5.96. The predicted molar refractivity (Wildman–Crippen MR) is 97.2 cm³/mol. The van der Waals surface area contributed by atoms with E-state index in [4.69, 9.17) is 9.15 Å². The first-order valence-corrected chi connectivity index (χ1v) is 7.98. The first kappa shape index (κ1) is 15.1. The molecule has 0 aliphatic rings. The molecule has 0 saturated carbocycles. The zero-order chi connectivity index (χ0) is 17.1. The van der Waals surface area contributed by atoms with Gasteiger partial charge in [0.2, 0.25) is 5.89 Å². The summed E-state index contributed by atoms with van der Waals surface area (Å²) in [6.45, 7) is 0. The molecule has 4 rings (SSSR count). The number of nitrogens with zero attached hydrogens (tertiary/aromatic N) is 2. The number of ether oxygens (including phenoxy) is 1. The molecule has 0 bridgehead atoms. The van der Waals surface area contributed by atoms with Gasteiger partial charge in [0.1, 0.15) is 5.75 Å². The minimum atomic E-state index is 0.440. The highest BCUT2D eigenvalue weighted by atomic mass is 16.5. The maximum Gasteiger partial charge on any atom is 0.251 e. The molecule has 0 aliphatic carbocycles. The molecule has 122 valence electrons. The summed E-state index contributed by atoms with van der Waals surface area (Å²) in [5.74, 6) is 1.63. The smallest absolute Gasteiger partial charge is 0.251 e. The second-order valence-corrected chi connectivity index (χ2v) is 5.52. The van der Waals surface area contributed by atoms with Crippen molar-refractivity contribution in [1.82, 2.24) is 10.2 Å². The van der Waals surface area contributed by atoms with Crippen molar-refractivity contribution in [1.29, 1.82) is 0 Å². The second kappa shape index (κ2) is 6.61. The number of aromatic nitrogens is 2. The molecule has 1 aromatic heterocycles.